The van der Waals surface area contributed by atoms with E-state index in [1.165, 1.54) is 0 Å². The van der Waals surface area contributed by atoms with Gasteiger partial charge < -0.3 is 10.2 Å². The summed E-state index contributed by atoms with van der Waals surface area (Å²) in [5, 5.41) is 19.7. The van der Waals surface area contributed by atoms with Crippen LogP contribution in [-0.4, -0.2) is 10.2 Å². The molecule has 0 aliphatic carbocycles. The third-order valence-corrected chi connectivity index (χ3v) is 2.92. The summed E-state index contributed by atoms with van der Waals surface area (Å²) < 4.78 is 0.831. The van der Waals surface area contributed by atoms with Crippen LogP contribution in [0.1, 0.15) is 30.5 Å². The minimum atomic E-state index is -0.950. The predicted molar refractivity (Wildman–Crippen MR) is 60.5 cm³/mol. The smallest absolute Gasteiger partial charge is 0.121 e. The lowest BCUT2D eigenvalue weighted by Crippen LogP contribution is -2.18. The summed E-state index contributed by atoms with van der Waals surface area (Å²) in [6.07, 6.45) is 0. The summed E-state index contributed by atoms with van der Waals surface area (Å²) in [6, 6.07) is 1.82. The van der Waals surface area contributed by atoms with Crippen molar-refractivity contribution in [2.24, 2.45) is 0 Å². The Labute approximate surface area is 92.7 Å². The van der Waals surface area contributed by atoms with Crippen LogP contribution in [0.4, 0.5) is 0 Å². The highest BCUT2D eigenvalue weighted by atomic mass is 79.9. The van der Waals surface area contributed by atoms with Gasteiger partial charge in [0.2, 0.25) is 0 Å². The van der Waals surface area contributed by atoms with E-state index in [1.807, 2.05) is 13.0 Å². The Hall–Kier alpha value is -0.540. The zero-order valence-corrected chi connectivity index (χ0v) is 10.4. The largest absolute Gasteiger partial charge is 0.507 e. The molecule has 0 heterocycles. The molecule has 14 heavy (non-hydrogen) atoms. The van der Waals surface area contributed by atoms with Gasteiger partial charge in [-0.1, -0.05) is 15.9 Å². The van der Waals surface area contributed by atoms with E-state index < -0.39 is 5.60 Å². The minimum Gasteiger partial charge on any atom is -0.507 e. The molecular formula is C11H15BrO2. The summed E-state index contributed by atoms with van der Waals surface area (Å²) in [4.78, 5) is 0. The Balaban J connectivity index is 3.53. The lowest BCUT2D eigenvalue weighted by molar-refractivity contribution is 0.0768. The summed E-state index contributed by atoms with van der Waals surface area (Å²) >= 11 is 3.40. The number of aromatic hydroxyl groups is 1. The molecule has 1 aromatic rings. The number of phenolic OH excluding ortho intramolecular Hbond substituents is 1. The van der Waals surface area contributed by atoms with Crippen molar-refractivity contribution in [1.82, 2.24) is 0 Å². The number of aliphatic hydroxyl groups is 1. The first-order valence-electron chi connectivity index (χ1n) is 4.46. The van der Waals surface area contributed by atoms with Crippen molar-refractivity contribution >= 4 is 15.9 Å². The number of hydrogen-bond donors (Lipinski definition) is 2. The van der Waals surface area contributed by atoms with Crippen molar-refractivity contribution in [3.8, 4) is 5.75 Å². The molecule has 0 aliphatic rings. The molecule has 0 fully saturated rings. The van der Waals surface area contributed by atoms with Gasteiger partial charge in [-0.2, -0.15) is 0 Å². The average molecular weight is 259 g/mol. The van der Waals surface area contributed by atoms with Crippen LogP contribution in [0.15, 0.2) is 10.5 Å². The predicted octanol–water partition coefficient (Wildman–Crippen LogP) is 3.00. The molecule has 1 aromatic carbocycles. The van der Waals surface area contributed by atoms with Crippen molar-refractivity contribution in [3.05, 3.63) is 27.2 Å². The molecule has 2 N–H and O–H groups in total. The average Bonchev–Trinajstić information content (AvgIpc) is 1.97. The molecule has 1 rings (SSSR count). The maximum atomic E-state index is 9.92. The van der Waals surface area contributed by atoms with Gasteiger partial charge in [0.1, 0.15) is 5.75 Å². The van der Waals surface area contributed by atoms with E-state index in [9.17, 15) is 10.2 Å². The van der Waals surface area contributed by atoms with Crippen LogP contribution >= 0.6 is 15.9 Å². The molecule has 0 bridgehead atoms. The Morgan fingerprint density at radius 2 is 1.79 bits per heavy atom. The van der Waals surface area contributed by atoms with Gasteiger partial charge in [-0.25, -0.2) is 0 Å². The number of benzene rings is 1. The first-order chi connectivity index (χ1) is 6.25. The summed E-state index contributed by atoms with van der Waals surface area (Å²) in [6.45, 7) is 7.05. The first kappa shape index (κ1) is 11.5. The van der Waals surface area contributed by atoms with Gasteiger partial charge >= 0.3 is 0 Å². The third-order valence-electron chi connectivity index (χ3n) is 2.30. The second kappa shape index (κ2) is 3.55. The zero-order valence-electron chi connectivity index (χ0n) is 8.85. The minimum absolute atomic E-state index is 0.255. The van der Waals surface area contributed by atoms with Gasteiger partial charge in [-0.05, 0) is 44.9 Å². The van der Waals surface area contributed by atoms with Gasteiger partial charge in [-0.3, -0.25) is 0 Å². The summed E-state index contributed by atoms with van der Waals surface area (Å²) in [5.74, 6) is 0.255. The van der Waals surface area contributed by atoms with Crippen molar-refractivity contribution in [2.75, 3.05) is 0 Å². The Bertz CT molecular complexity index is 365. The third kappa shape index (κ3) is 1.93. The Morgan fingerprint density at radius 1 is 1.29 bits per heavy atom. The van der Waals surface area contributed by atoms with Crippen LogP contribution < -0.4 is 0 Å². The Kier molecular flexibility index (Phi) is 2.93. The van der Waals surface area contributed by atoms with E-state index in [2.05, 4.69) is 15.9 Å². The van der Waals surface area contributed by atoms with Crippen molar-refractivity contribution in [1.29, 1.82) is 0 Å². The number of rotatable bonds is 1. The fourth-order valence-corrected chi connectivity index (χ4v) is 2.80. The zero-order chi connectivity index (χ0) is 11.1. The van der Waals surface area contributed by atoms with Gasteiger partial charge in [0.05, 0.1) is 5.60 Å². The van der Waals surface area contributed by atoms with Crippen LogP contribution in [0.3, 0.4) is 0 Å². The molecule has 0 radical (unpaired) electrons. The van der Waals surface area contributed by atoms with Crippen LogP contribution in [0.5, 0.6) is 5.75 Å². The lowest BCUT2D eigenvalue weighted by Gasteiger charge is -2.23. The lowest BCUT2D eigenvalue weighted by atomic mass is 9.92. The van der Waals surface area contributed by atoms with Crippen molar-refractivity contribution in [2.45, 2.75) is 33.3 Å². The molecule has 0 saturated heterocycles. The number of phenols is 1. The topological polar surface area (TPSA) is 40.5 Å². The van der Waals surface area contributed by atoms with Gasteiger partial charge in [0.15, 0.2) is 0 Å². The fraction of sp³-hybridized carbons (Fsp3) is 0.455. The van der Waals surface area contributed by atoms with Gasteiger partial charge in [0, 0.05) is 10.0 Å². The number of aryl methyl sites for hydroxylation is 1. The maximum absolute atomic E-state index is 9.92. The maximum Gasteiger partial charge on any atom is 0.121 e. The highest BCUT2D eigenvalue weighted by Crippen LogP contribution is 2.37. The monoisotopic (exact) mass is 258 g/mol. The van der Waals surface area contributed by atoms with Crippen molar-refractivity contribution in [3.63, 3.8) is 0 Å². The van der Waals surface area contributed by atoms with Crippen molar-refractivity contribution < 1.29 is 10.2 Å². The van der Waals surface area contributed by atoms with Crippen LogP contribution in [0.2, 0.25) is 0 Å². The second-order valence-corrected chi connectivity index (χ2v) is 4.94. The standard InChI is InChI=1S/C11H15BrO2/c1-6-5-8(12)9(11(3,4)14)7(2)10(6)13/h5,13-14H,1-4H3. The highest BCUT2D eigenvalue weighted by molar-refractivity contribution is 9.10. The Morgan fingerprint density at radius 3 is 2.21 bits per heavy atom. The molecule has 0 aliphatic heterocycles. The van der Waals surface area contributed by atoms with Crippen LogP contribution in [0, 0.1) is 13.8 Å². The molecule has 0 atom stereocenters. The van der Waals surface area contributed by atoms with E-state index in [-0.39, 0.29) is 5.75 Å². The van der Waals surface area contributed by atoms with E-state index in [4.69, 9.17) is 0 Å². The van der Waals surface area contributed by atoms with Gasteiger partial charge in [-0.15, -0.1) is 0 Å². The summed E-state index contributed by atoms with van der Waals surface area (Å²) in [7, 11) is 0. The quantitative estimate of drug-likeness (QED) is 0.813. The molecule has 0 aromatic heterocycles. The molecule has 2 nitrogen and oxygen atoms in total. The van der Waals surface area contributed by atoms with Crippen LogP contribution in [-0.2, 0) is 5.60 Å². The molecule has 0 saturated carbocycles. The van der Waals surface area contributed by atoms with E-state index in [0.29, 0.717) is 0 Å². The highest BCUT2D eigenvalue weighted by Gasteiger charge is 2.24. The van der Waals surface area contributed by atoms with E-state index >= 15 is 0 Å². The molecule has 0 unspecified atom stereocenters. The normalized spacial score (nSPS) is 11.9. The number of hydrogen-bond acceptors (Lipinski definition) is 2. The molecule has 78 valence electrons. The molecule has 3 heteroatoms. The van der Waals surface area contributed by atoms with Gasteiger partial charge in [0.25, 0.3) is 0 Å². The fourth-order valence-electron chi connectivity index (χ4n) is 1.67. The van der Waals surface area contributed by atoms with E-state index in [0.717, 1.165) is 21.2 Å². The SMILES string of the molecule is Cc1cc(Br)c(C(C)(C)O)c(C)c1O. The van der Waals surface area contributed by atoms with Crippen LogP contribution in [0.25, 0.3) is 0 Å². The number of halogens is 1. The molecule has 0 spiro atoms. The summed E-state index contributed by atoms with van der Waals surface area (Å²) in [5.41, 5.74) is 1.32. The van der Waals surface area contributed by atoms with E-state index in [1.54, 1.807) is 20.8 Å². The second-order valence-electron chi connectivity index (χ2n) is 4.08. The first-order valence-corrected chi connectivity index (χ1v) is 5.26. The molecular weight excluding hydrogens is 244 g/mol. The molecule has 0 amide bonds.